The first-order valence-corrected chi connectivity index (χ1v) is 12.0. The number of fused-ring (bicyclic) bond motifs is 1. The molecule has 0 unspecified atom stereocenters. The van der Waals surface area contributed by atoms with Gasteiger partial charge in [-0.05, 0) is 42.0 Å². The first-order chi connectivity index (χ1) is 14.5. The summed E-state index contributed by atoms with van der Waals surface area (Å²) in [6.45, 7) is 1.56. The van der Waals surface area contributed by atoms with Crippen LogP contribution in [0.2, 0.25) is 0 Å². The van der Waals surface area contributed by atoms with Crippen LogP contribution in [0.3, 0.4) is 0 Å². The summed E-state index contributed by atoms with van der Waals surface area (Å²) in [5, 5.41) is 3.82. The van der Waals surface area contributed by atoms with Gasteiger partial charge in [0.05, 0.1) is 31.4 Å². The summed E-state index contributed by atoms with van der Waals surface area (Å²) in [7, 11) is -3.49. The average Bonchev–Trinajstić information content (AvgIpc) is 3.17. The van der Waals surface area contributed by atoms with Gasteiger partial charge < -0.3 is 5.32 Å². The summed E-state index contributed by atoms with van der Waals surface area (Å²) in [5.74, 6) is -0.501. The number of thiazole rings is 1. The molecule has 0 aliphatic heterocycles. The van der Waals surface area contributed by atoms with Gasteiger partial charge in [0, 0.05) is 12.1 Å². The van der Waals surface area contributed by atoms with Crippen LogP contribution in [0, 0.1) is 0 Å². The second-order valence-corrected chi connectivity index (χ2v) is 10.2. The van der Waals surface area contributed by atoms with Crippen molar-refractivity contribution in [3.63, 3.8) is 0 Å². The highest BCUT2D eigenvalue weighted by Gasteiger charge is 2.20. The van der Waals surface area contributed by atoms with Crippen LogP contribution in [-0.4, -0.2) is 25.1 Å². The van der Waals surface area contributed by atoms with Crippen molar-refractivity contribution in [1.82, 2.24) is 4.98 Å². The minimum atomic E-state index is -3.49. The maximum atomic E-state index is 12.7. The number of benzene rings is 3. The molecule has 0 bridgehead atoms. The quantitative estimate of drug-likeness (QED) is 0.465. The van der Waals surface area contributed by atoms with Crippen LogP contribution >= 0.6 is 11.3 Å². The molecule has 0 atom stereocenters. The van der Waals surface area contributed by atoms with Crippen molar-refractivity contribution in [2.24, 2.45) is 0 Å². The zero-order valence-electron chi connectivity index (χ0n) is 16.3. The van der Waals surface area contributed by atoms with Crippen molar-refractivity contribution in [1.29, 1.82) is 0 Å². The third-order valence-corrected chi connectivity index (χ3v) is 7.57. The van der Waals surface area contributed by atoms with Crippen LogP contribution in [0.25, 0.3) is 10.2 Å². The molecule has 0 radical (unpaired) electrons. The number of anilines is 1. The van der Waals surface area contributed by atoms with Gasteiger partial charge in [-0.2, -0.15) is 0 Å². The molecule has 7 heteroatoms. The van der Waals surface area contributed by atoms with Crippen molar-refractivity contribution in [3.8, 4) is 0 Å². The summed E-state index contributed by atoms with van der Waals surface area (Å²) >= 11 is 1.67. The second kappa shape index (κ2) is 8.38. The zero-order chi connectivity index (χ0) is 21.1. The van der Waals surface area contributed by atoms with Crippen molar-refractivity contribution < 1.29 is 13.2 Å². The first-order valence-electron chi connectivity index (χ1n) is 9.53. The predicted molar refractivity (Wildman–Crippen MR) is 121 cm³/mol. The summed E-state index contributed by atoms with van der Waals surface area (Å²) in [6.07, 6.45) is 0.713. The smallest absolute Gasteiger partial charge is 0.256 e. The Balaban J connectivity index is 1.49. The van der Waals surface area contributed by atoms with Crippen LogP contribution in [0.15, 0.2) is 77.7 Å². The summed E-state index contributed by atoms with van der Waals surface area (Å²) < 4.78 is 25.7. The number of sulfone groups is 1. The highest BCUT2D eigenvalue weighted by Crippen LogP contribution is 2.24. The number of nitrogens with zero attached hydrogens (tertiary/aromatic N) is 1. The van der Waals surface area contributed by atoms with E-state index in [1.54, 1.807) is 30.4 Å². The maximum absolute atomic E-state index is 12.7. The van der Waals surface area contributed by atoms with E-state index in [-0.39, 0.29) is 16.2 Å². The number of aromatic nitrogens is 1. The molecule has 30 heavy (non-hydrogen) atoms. The van der Waals surface area contributed by atoms with Gasteiger partial charge in [-0.1, -0.05) is 43.3 Å². The predicted octanol–water partition coefficient (Wildman–Crippen LogP) is 4.93. The molecular weight excluding hydrogens is 416 g/mol. The number of rotatable bonds is 6. The van der Waals surface area contributed by atoms with Crippen LogP contribution in [-0.2, 0) is 16.3 Å². The van der Waals surface area contributed by atoms with Crippen molar-refractivity contribution in [2.75, 3.05) is 11.1 Å². The number of para-hydroxylation sites is 1. The molecule has 0 aliphatic carbocycles. The Kier molecular flexibility index (Phi) is 5.65. The van der Waals surface area contributed by atoms with Crippen LogP contribution < -0.4 is 5.32 Å². The van der Waals surface area contributed by atoms with Gasteiger partial charge in [-0.3, -0.25) is 4.79 Å². The van der Waals surface area contributed by atoms with E-state index < -0.39 is 15.7 Å². The number of nitrogens with one attached hydrogen (secondary N) is 1. The molecule has 3 aromatic carbocycles. The lowest BCUT2D eigenvalue weighted by Crippen LogP contribution is -2.17. The number of hydrogen-bond donors (Lipinski definition) is 1. The fourth-order valence-corrected chi connectivity index (χ4v) is 5.25. The Morgan fingerprint density at radius 2 is 1.67 bits per heavy atom. The SMILES string of the molecule is CCS(=O)(=O)c1ccccc1C(=O)Nc1ccc(Cc2nc3ccccc3s2)cc1. The van der Waals surface area contributed by atoms with Crippen LogP contribution in [0.1, 0.15) is 27.9 Å². The van der Waals surface area contributed by atoms with E-state index in [0.29, 0.717) is 12.1 Å². The topological polar surface area (TPSA) is 76.1 Å². The molecule has 4 aromatic rings. The largest absolute Gasteiger partial charge is 0.322 e. The summed E-state index contributed by atoms with van der Waals surface area (Å²) in [5.41, 5.74) is 2.85. The molecule has 0 saturated heterocycles. The van der Waals surface area contributed by atoms with E-state index in [9.17, 15) is 13.2 Å². The number of amides is 1. The number of carbonyl (C=O) groups excluding carboxylic acids is 1. The first kappa shape index (κ1) is 20.3. The Labute approximate surface area is 179 Å². The van der Waals surface area contributed by atoms with Gasteiger partial charge >= 0.3 is 0 Å². The van der Waals surface area contributed by atoms with Gasteiger partial charge in [0.2, 0.25) is 0 Å². The molecule has 1 amide bonds. The van der Waals surface area contributed by atoms with E-state index in [2.05, 4.69) is 16.4 Å². The Morgan fingerprint density at radius 1 is 0.967 bits per heavy atom. The molecule has 5 nitrogen and oxygen atoms in total. The minimum absolute atomic E-state index is 0.0532. The molecule has 152 valence electrons. The Hall–Kier alpha value is -3.03. The molecule has 1 heterocycles. The monoisotopic (exact) mass is 436 g/mol. The molecule has 0 spiro atoms. The van der Waals surface area contributed by atoms with Crippen LogP contribution in [0.5, 0.6) is 0 Å². The molecule has 4 rings (SSSR count). The average molecular weight is 437 g/mol. The van der Waals surface area contributed by atoms with E-state index in [1.807, 2.05) is 42.5 Å². The van der Waals surface area contributed by atoms with E-state index in [0.717, 1.165) is 20.8 Å². The number of hydrogen-bond acceptors (Lipinski definition) is 5. The lowest BCUT2D eigenvalue weighted by molar-refractivity contribution is 0.102. The molecular formula is C23H20N2O3S2. The van der Waals surface area contributed by atoms with Crippen molar-refractivity contribution in [3.05, 3.63) is 88.9 Å². The van der Waals surface area contributed by atoms with Gasteiger partial charge in [0.1, 0.15) is 0 Å². The highest BCUT2D eigenvalue weighted by atomic mass is 32.2. The Bertz CT molecular complexity index is 1280. The third kappa shape index (κ3) is 4.27. The molecule has 0 fully saturated rings. The maximum Gasteiger partial charge on any atom is 0.256 e. The third-order valence-electron chi connectivity index (χ3n) is 4.75. The Morgan fingerprint density at radius 3 is 2.40 bits per heavy atom. The lowest BCUT2D eigenvalue weighted by Gasteiger charge is -2.10. The fourth-order valence-electron chi connectivity index (χ4n) is 3.16. The van der Waals surface area contributed by atoms with Gasteiger partial charge in [-0.15, -0.1) is 11.3 Å². The number of carbonyl (C=O) groups is 1. The van der Waals surface area contributed by atoms with Gasteiger partial charge in [0.25, 0.3) is 5.91 Å². The molecule has 1 aromatic heterocycles. The van der Waals surface area contributed by atoms with Crippen LogP contribution in [0.4, 0.5) is 5.69 Å². The molecule has 0 saturated carbocycles. The molecule has 1 N–H and O–H groups in total. The van der Waals surface area contributed by atoms with Gasteiger partial charge in [-0.25, -0.2) is 13.4 Å². The van der Waals surface area contributed by atoms with Crippen molar-refractivity contribution >= 4 is 43.0 Å². The highest BCUT2D eigenvalue weighted by molar-refractivity contribution is 7.91. The standard InChI is InChI=1S/C23H20N2O3S2/c1-2-30(27,28)21-10-6-3-7-18(21)23(26)24-17-13-11-16(12-14-17)15-22-25-19-8-4-5-9-20(19)29-22/h3-14H,2,15H2,1H3,(H,24,26). The lowest BCUT2D eigenvalue weighted by atomic mass is 10.1. The van der Waals surface area contributed by atoms with Crippen molar-refractivity contribution in [2.45, 2.75) is 18.2 Å². The fraction of sp³-hybridized carbons (Fsp3) is 0.130. The van der Waals surface area contributed by atoms with E-state index in [4.69, 9.17) is 0 Å². The van der Waals surface area contributed by atoms with E-state index in [1.165, 1.54) is 12.1 Å². The molecule has 0 aliphatic rings. The van der Waals surface area contributed by atoms with E-state index >= 15 is 0 Å². The normalized spacial score (nSPS) is 11.5. The minimum Gasteiger partial charge on any atom is -0.322 e. The summed E-state index contributed by atoms with van der Waals surface area (Å²) in [6, 6.07) is 21.8. The second-order valence-electron chi connectivity index (χ2n) is 6.80. The van der Waals surface area contributed by atoms with Gasteiger partial charge in [0.15, 0.2) is 9.84 Å². The summed E-state index contributed by atoms with van der Waals surface area (Å²) in [4.78, 5) is 17.4. The zero-order valence-corrected chi connectivity index (χ0v) is 18.0.